The third kappa shape index (κ3) is 4.59. The predicted octanol–water partition coefficient (Wildman–Crippen LogP) is 4.90. The summed E-state index contributed by atoms with van der Waals surface area (Å²) < 4.78 is 27.2. The molecule has 0 fully saturated rings. The van der Waals surface area contributed by atoms with Crippen LogP contribution in [0.5, 0.6) is 28.7 Å². The van der Waals surface area contributed by atoms with Crippen LogP contribution in [0.15, 0.2) is 60.4 Å². The largest absolute Gasteiger partial charge is 0.497 e. The number of carbonyl (C=O) groups excluding carboxylic acids is 2. The van der Waals surface area contributed by atoms with Gasteiger partial charge in [0.25, 0.3) is 0 Å². The summed E-state index contributed by atoms with van der Waals surface area (Å²) in [5.74, 6) is 2.45. The summed E-state index contributed by atoms with van der Waals surface area (Å²) in [6, 6.07) is 15.5. The van der Waals surface area contributed by atoms with Gasteiger partial charge in [-0.3, -0.25) is 9.59 Å². The van der Waals surface area contributed by atoms with E-state index in [9.17, 15) is 9.59 Å². The number of Topliss-reactive ketones (excluding diaryl/α,β-unsaturated/α-hetero) is 2. The van der Waals surface area contributed by atoms with Gasteiger partial charge in [-0.2, -0.15) is 0 Å². The summed E-state index contributed by atoms with van der Waals surface area (Å²) in [5.41, 5.74) is 2.42. The third-order valence-electron chi connectivity index (χ3n) is 5.43. The smallest absolute Gasteiger partial charge is 0.232 e. The average molecular weight is 460 g/mol. The van der Waals surface area contributed by atoms with E-state index in [1.807, 2.05) is 0 Å². The molecule has 0 unspecified atom stereocenters. The number of rotatable bonds is 8. The molecule has 0 saturated heterocycles. The van der Waals surface area contributed by atoms with Gasteiger partial charge in [0.2, 0.25) is 5.78 Å². The van der Waals surface area contributed by atoms with Crippen molar-refractivity contribution in [2.45, 2.75) is 6.92 Å². The number of carbonyl (C=O) groups is 2. The van der Waals surface area contributed by atoms with Crippen molar-refractivity contribution < 1.29 is 33.3 Å². The van der Waals surface area contributed by atoms with Crippen LogP contribution in [-0.2, 0) is 0 Å². The minimum absolute atomic E-state index is 0.146. The average Bonchev–Trinajstić information content (AvgIpc) is 3.17. The molecule has 0 N–H and O–H groups in total. The number of benzene rings is 3. The first-order chi connectivity index (χ1) is 16.4. The summed E-state index contributed by atoms with van der Waals surface area (Å²) >= 11 is 0. The van der Waals surface area contributed by atoms with Crippen LogP contribution < -0.4 is 23.7 Å². The van der Waals surface area contributed by atoms with Crippen LogP contribution in [0.2, 0.25) is 0 Å². The summed E-state index contributed by atoms with van der Waals surface area (Å²) in [4.78, 5) is 25.4. The van der Waals surface area contributed by atoms with Crippen molar-refractivity contribution in [3.63, 3.8) is 0 Å². The van der Waals surface area contributed by atoms with Gasteiger partial charge < -0.3 is 23.7 Å². The van der Waals surface area contributed by atoms with Crippen molar-refractivity contribution in [1.82, 2.24) is 0 Å². The molecule has 0 spiro atoms. The fraction of sp³-hybridized carbons (Fsp3) is 0.185. The van der Waals surface area contributed by atoms with Crippen molar-refractivity contribution in [2.24, 2.45) is 0 Å². The highest BCUT2D eigenvalue weighted by molar-refractivity contribution is 6.15. The Morgan fingerprint density at radius 2 is 1.62 bits per heavy atom. The molecule has 0 saturated carbocycles. The Morgan fingerprint density at radius 3 is 2.29 bits per heavy atom. The molecule has 0 radical (unpaired) electrons. The molecule has 1 heterocycles. The van der Waals surface area contributed by atoms with Gasteiger partial charge in [-0.05, 0) is 66.6 Å². The highest BCUT2D eigenvalue weighted by Gasteiger charge is 2.30. The zero-order valence-electron chi connectivity index (χ0n) is 19.3. The second-order valence-electron chi connectivity index (χ2n) is 7.61. The molecular formula is C27H24O7. The molecule has 7 nitrogen and oxygen atoms in total. The number of hydrogen-bond donors (Lipinski definition) is 0. The van der Waals surface area contributed by atoms with E-state index >= 15 is 0 Å². The first-order valence-corrected chi connectivity index (χ1v) is 10.5. The normalized spacial score (nSPS) is 13.3. The lowest BCUT2D eigenvalue weighted by Crippen LogP contribution is -2.11. The Morgan fingerprint density at radius 1 is 0.882 bits per heavy atom. The summed E-state index contributed by atoms with van der Waals surface area (Å²) in [5, 5.41) is 0. The molecule has 3 aromatic carbocycles. The van der Waals surface area contributed by atoms with E-state index in [4.69, 9.17) is 23.7 Å². The maximum atomic E-state index is 13.0. The predicted molar refractivity (Wildman–Crippen MR) is 126 cm³/mol. The molecule has 0 bridgehead atoms. The van der Waals surface area contributed by atoms with E-state index in [0.29, 0.717) is 45.4 Å². The minimum atomic E-state index is -0.219. The van der Waals surface area contributed by atoms with E-state index in [-0.39, 0.29) is 23.9 Å². The molecule has 1 aliphatic heterocycles. The first-order valence-electron chi connectivity index (χ1n) is 10.5. The van der Waals surface area contributed by atoms with Crippen LogP contribution >= 0.6 is 0 Å². The fourth-order valence-electron chi connectivity index (χ4n) is 3.66. The quantitative estimate of drug-likeness (QED) is 0.349. The summed E-state index contributed by atoms with van der Waals surface area (Å²) in [6.07, 6.45) is 1.65. The number of ether oxygens (including phenoxy) is 5. The van der Waals surface area contributed by atoms with Crippen molar-refractivity contribution in [1.29, 1.82) is 0 Å². The second-order valence-corrected chi connectivity index (χ2v) is 7.61. The number of hydrogen-bond acceptors (Lipinski definition) is 7. The van der Waals surface area contributed by atoms with Gasteiger partial charge in [0.1, 0.15) is 17.2 Å². The van der Waals surface area contributed by atoms with Gasteiger partial charge >= 0.3 is 0 Å². The van der Waals surface area contributed by atoms with Gasteiger partial charge in [-0.1, -0.05) is 6.07 Å². The minimum Gasteiger partial charge on any atom is -0.497 e. The topological polar surface area (TPSA) is 80.3 Å². The van der Waals surface area contributed by atoms with Gasteiger partial charge in [0.15, 0.2) is 29.6 Å². The number of aryl methyl sites for hydroxylation is 1. The van der Waals surface area contributed by atoms with Gasteiger partial charge in [0.05, 0.1) is 26.9 Å². The fourth-order valence-corrected chi connectivity index (χ4v) is 3.66. The zero-order valence-corrected chi connectivity index (χ0v) is 19.3. The Kier molecular flexibility index (Phi) is 6.54. The zero-order chi connectivity index (χ0) is 24.2. The summed E-state index contributed by atoms with van der Waals surface area (Å²) in [7, 11) is 4.67. The SMILES string of the molecule is COc1ccc(C(=O)COc2cc(C)c3c(c2)O/C(=C\c2ccc(OC)c(OC)c2)C3=O)cc1. The Hall–Kier alpha value is -4.26. The van der Waals surface area contributed by atoms with Crippen molar-refractivity contribution in [3.05, 3.63) is 82.6 Å². The molecule has 0 amide bonds. The lowest BCUT2D eigenvalue weighted by Gasteiger charge is -2.09. The summed E-state index contributed by atoms with van der Waals surface area (Å²) in [6.45, 7) is 1.66. The number of ketones is 2. The van der Waals surface area contributed by atoms with Crippen molar-refractivity contribution >= 4 is 17.6 Å². The van der Waals surface area contributed by atoms with E-state index in [1.54, 1.807) is 88.9 Å². The standard InChI is InChI=1S/C27H24O7/c1-16-11-20(33-15-21(28)18-6-8-19(30-2)9-7-18)14-24-26(16)27(29)25(34-24)13-17-5-10-22(31-3)23(12-17)32-4/h5-14H,15H2,1-4H3/b25-13-. The molecule has 174 valence electrons. The molecule has 3 aromatic rings. The van der Waals surface area contributed by atoms with Crippen LogP contribution in [-0.4, -0.2) is 39.5 Å². The van der Waals surface area contributed by atoms with Gasteiger partial charge in [-0.25, -0.2) is 0 Å². The van der Waals surface area contributed by atoms with E-state index in [1.165, 1.54) is 0 Å². The first kappa shape index (κ1) is 22.9. The Bertz CT molecular complexity index is 1270. The van der Waals surface area contributed by atoms with E-state index in [2.05, 4.69) is 0 Å². The highest BCUT2D eigenvalue weighted by Crippen LogP contribution is 2.38. The molecule has 7 heteroatoms. The number of fused-ring (bicyclic) bond motifs is 1. The van der Waals surface area contributed by atoms with Crippen molar-refractivity contribution in [3.8, 4) is 28.7 Å². The molecule has 0 aromatic heterocycles. The van der Waals surface area contributed by atoms with Crippen molar-refractivity contribution in [2.75, 3.05) is 27.9 Å². The maximum Gasteiger partial charge on any atom is 0.232 e. The van der Waals surface area contributed by atoms with Crippen LogP contribution in [0, 0.1) is 6.92 Å². The Balaban J connectivity index is 1.51. The molecule has 0 aliphatic carbocycles. The molecule has 4 rings (SSSR count). The maximum absolute atomic E-state index is 13.0. The van der Waals surface area contributed by atoms with Crippen LogP contribution in [0.1, 0.15) is 31.8 Å². The molecule has 0 atom stereocenters. The van der Waals surface area contributed by atoms with Crippen LogP contribution in [0.4, 0.5) is 0 Å². The lowest BCUT2D eigenvalue weighted by atomic mass is 10.0. The molecule has 1 aliphatic rings. The van der Waals surface area contributed by atoms with Crippen LogP contribution in [0.25, 0.3) is 6.08 Å². The number of allylic oxidation sites excluding steroid dienone is 1. The lowest BCUT2D eigenvalue weighted by molar-refractivity contribution is 0.0920. The monoisotopic (exact) mass is 460 g/mol. The number of methoxy groups -OCH3 is 3. The van der Waals surface area contributed by atoms with Crippen LogP contribution in [0.3, 0.4) is 0 Å². The third-order valence-corrected chi connectivity index (χ3v) is 5.43. The molecular weight excluding hydrogens is 436 g/mol. The van der Waals surface area contributed by atoms with E-state index in [0.717, 1.165) is 5.56 Å². The van der Waals surface area contributed by atoms with Gasteiger partial charge in [-0.15, -0.1) is 0 Å². The Labute approximate surface area is 197 Å². The second kappa shape index (κ2) is 9.70. The van der Waals surface area contributed by atoms with Gasteiger partial charge in [0, 0.05) is 11.6 Å². The molecule has 34 heavy (non-hydrogen) atoms. The van der Waals surface area contributed by atoms with E-state index < -0.39 is 0 Å². The highest BCUT2D eigenvalue weighted by atomic mass is 16.5.